The van der Waals surface area contributed by atoms with Crippen molar-refractivity contribution in [3.63, 3.8) is 0 Å². The third-order valence-corrected chi connectivity index (χ3v) is 4.58. The lowest BCUT2D eigenvalue weighted by atomic mass is 10.3. The topological polar surface area (TPSA) is 34.0 Å². The van der Waals surface area contributed by atoms with Crippen molar-refractivity contribution in [2.75, 3.05) is 0 Å². The second-order valence-electron chi connectivity index (χ2n) is 4.00. The summed E-state index contributed by atoms with van der Waals surface area (Å²) in [5, 5.41) is 8.06. The molecule has 96 valence electrons. The van der Waals surface area contributed by atoms with Gasteiger partial charge in [0, 0.05) is 24.5 Å². The highest BCUT2D eigenvalue weighted by atomic mass is 32.1. The van der Waals surface area contributed by atoms with E-state index in [1.54, 1.807) is 11.3 Å². The lowest BCUT2D eigenvalue weighted by molar-refractivity contribution is 0.0955. The van der Waals surface area contributed by atoms with Crippen LogP contribution >= 0.6 is 22.7 Å². The van der Waals surface area contributed by atoms with E-state index in [0.29, 0.717) is 6.54 Å². The summed E-state index contributed by atoms with van der Waals surface area (Å²) >= 11 is 3.13. The van der Waals surface area contributed by atoms with Crippen LogP contribution in [0.4, 0.5) is 0 Å². The summed E-state index contributed by atoms with van der Waals surface area (Å²) in [4.78, 5) is 12.6. The Balaban J connectivity index is 1.71. The highest BCUT2D eigenvalue weighted by Crippen LogP contribution is 2.22. The first-order chi connectivity index (χ1) is 9.34. The molecule has 0 bridgehead atoms. The Morgan fingerprint density at radius 3 is 2.68 bits per heavy atom. The average molecular weight is 288 g/mol. The number of carbonyl (C=O) groups is 1. The van der Waals surface area contributed by atoms with Gasteiger partial charge in [-0.3, -0.25) is 4.79 Å². The van der Waals surface area contributed by atoms with Gasteiger partial charge in [-0.2, -0.15) is 0 Å². The zero-order valence-corrected chi connectivity index (χ0v) is 11.7. The predicted octanol–water partition coefficient (Wildman–Crippen LogP) is 3.53. The standard InChI is InChI=1S/C14H12N2OS2/c17-13(12-4-3-8-18-12)15-10-11-5-9-19-14(11)16-6-1-2-7-16/h1-9H,10H2,(H,15,17). The molecule has 0 aromatic carbocycles. The van der Waals surface area contributed by atoms with Crippen LogP contribution in [-0.2, 0) is 6.54 Å². The molecule has 0 spiro atoms. The second-order valence-corrected chi connectivity index (χ2v) is 5.84. The second kappa shape index (κ2) is 5.42. The van der Waals surface area contributed by atoms with Crippen LogP contribution in [0, 0.1) is 0 Å². The molecular formula is C14H12N2OS2. The SMILES string of the molecule is O=C(NCc1ccsc1-n1cccc1)c1cccs1. The maximum atomic E-state index is 11.9. The molecule has 3 nitrogen and oxygen atoms in total. The van der Waals surface area contributed by atoms with Crippen molar-refractivity contribution in [1.29, 1.82) is 0 Å². The van der Waals surface area contributed by atoms with Crippen molar-refractivity contribution >= 4 is 28.6 Å². The molecule has 3 heterocycles. The van der Waals surface area contributed by atoms with Crippen molar-refractivity contribution in [3.05, 3.63) is 63.9 Å². The van der Waals surface area contributed by atoms with Gasteiger partial charge in [-0.15, -0.1) is 22.7 Å². The van der Waals surface area contributed by atoms with Crippen LogP contribution in [0.1, 0.15) is 15.2 Å². The van der Waals surface area contributed by atoms with Gasteiger partial charge in [0.05, 0.1) is 4.88 Å². The zero-order chi connectivity index (χ0) is 13.1. The lowest BCUT2D eigenvalue weighted by Gasteiger charge is -2.06. The fraction of sp³-hybridized carbons (Fsp3) is 0.0714. The predicted molar refractivity (Wildman–Crippen MR) is 79.1 cm³/mol. The van der Waals surface area contributed by atoms with Gasteiger partial charge in [0.2, 0.25) is 0 Å². The fourth-order valence-electron chi connectivity index (χ4n) is 1.83. The molecule has 3 aromatic rings. The monoisotopic (exact) mass is 288 g/mol. The summed E-state index contributed by atoms with van der Waals surface area (Å²) in [6, 6.07) is 9.76. The Hall–Kier alpha value is -1.85. The Kier molecular flexibility index (Phi) is 3.48. The maximum absolute atomic E-state index is 11.9. The molecule has 0 unspecified atom stereocenters. The van der Waals surface area contributed by atoms with Gasteiger partial charge >= 0.3 is 0 Å². The summed E-state index contributed by atoms with van der Waals surface area (Å²) in [6.07, 6.45) is 4.02. The Bertz CT molecular complexity index is 654. The molecule has 3 aromatic heterocycles. The first kappa shape index (κ1) is 12.2. The number of aromatic nitrogens is 1. The van der Waals surface area contributed by atoms with Crippen LogP contribution < -0.4 is 5.32 Å². The largest absolute Gasteiger partial charge is 0.347 e. The van der Waals surface area contributed by atoms with Crippen LogP contribution in [0.3, 0.4) is 0 Å². The van der Waals surface area contributed by atoms with Crippen LogP contribution in [0.15, 0.2) is 53.5 Å². The molecule has 1 amide bonds. The summed E-state index contributed by atoms with van der Waals surface area (Å²) in [7, 11) is 0. The van der Waals surface area contributed by atoms with Gasteiger partial charge in [-0.25, -0.2) is 0 Å². The molecule has 0 saturated heterocycles. The van der Waals surface area contributed by atoms with E-state index in [9.17, 15) is 4.79 Å². The van der Waals surface area contributed by atoms with E-state index >= 15 is 0 Å². The highest BCUT2D eigenvalue weighted by molar-refractivity contribution is 7.12. The minimum Gasteiger partial charge on any atom is -0.347 e. The molecular weight excluding hydrogens is 276 g/mol. The van der Waals surface area contributed by atoms with Crippen LogP contribution in [0.5, 0.6) is 0 Å². The van der Waals surface area contributed by atoms with Crippen molar-refractivity contribution in [2.24, 2.45) is 0 Å². The number of hydrogen-bond donors (Lipinski definition) is 1. The molecule has 0 saturated carbocycles. The number of hydrogen-bond acceptors (Lipinski definition) is 3. The molecule has 19 heavy (non-hydrogen) atoms. The van der Waals surface area contributed by atoms with Crippen LogP contribution in [0.25, 0.3) is 5.00 Å². The minimum absolute atomic E-state index is 0.0142. The molecule has 0 aliphatic carbocycles. The summed E-state index contributed by atoms with van der Waals surface area (Å²) in [5.74, 6) is -0.0142. The highest BCUT2D eigenvalue weighted by Gasteiger charge is 2.09. The molecule has 0 fully saturated rings. The number of rotatable bonds is 4. The quantitative estimate of drug-likeness (QED) is 0.783. The maximum Gasteiger partial charge on any atom is 0.261 e. The Labute approximate surface area is 119 Å². The fourth-order valence-corrected chi connectivity index (χ4v) is 3.37. The van der Waals surface area contributed by atoms with Gasteiger partial charge in [0.1, 0.15) is 5.00 Å². The smallest absolute Gasteiger partial charge is 0.261 e. The van der Waals surface area contributed by atoms with Crippen molar-refractivity contribution < 1.29 is 4.79 Å². The molecule has 1 N–H and O–H groups in total. The Morgan fingerprint density at radius 1 is 1.11 bits per heavy atom. The summed E-state index contributed by atoms with van der Waals surface area (Å²) in [6.45, 7) is 0.549. The zero-order valence-electron chi connectivity index (χ0n) is 10.1. The third-order valence-electron chi connectivity index (χ3n) is 2.75. The molecule has 3 rings (SSSR count). The van der Waals surface area contributed by atoms with Gasteiger partial charge in [-0.05, 0) is 35.0 Å². The number of nitrogens with one attached hydrogen (secondary N) is 1. The number of thiophene rings is 2. The van der Waals surface area contributed by atoms with E-state index in [1.807, 2.05) is 47.4 Å². The van der Waals surface area contributed by atoms with Gasteiger partial charge in [0.15, 0.2) is 0 Å². The first-order valence-corrected chi connectivity index (χ1v) is 7.62. The molecule has 5 heteroatoms. The van der Waals surface area contributed by atoms with Gasteiger partial charge in [-0.1, -0.05) is 6.07 Å². The average Bonchev–Trinajstić information content (AvgIpc) is 3.14. The normalized spacial score (nSPS) is 10.5. The summed E-state index contributed by atoms with van der Waals surface area (Å²) < 4.78 is 2.07. The van der Waals surface area contributed by atoms with Gasteiger partial charge < -0.3 is 9.88 Å². The Morgan fingerprint density at radius 2 is 1.95 bits per heavy atom. The van der Waals surface area contributed by atoms with E-state index in [4.69, 9.17) is 0 Å². The molecule has 0 atom stereocenters. The third kappa shape index (κ3) is 2.62. The number of amides is 1. The number of nitrogens with zero attached hydrogens (tertiary/aromatic N) is 1. The molecule has 0 aliphatic heterocycles. The molecule has 0 aliphatic rings. The first-order valence-electron chi connectivity index (χ1n) is 5.86. The van der Waals surface area contributed by atoms with E-state index in [2.05, 4.69) is 16.0 Å². The van der Waals surface area contributed by atoms with Gasteiger partial charge in [0.25, 0.3) is 5.91 Å². The van der Waals surface area contributed by atoms with Crippen molar-refractivity contribution in [1.82, 2.24) is 9.88 Å². The van der Waals surface area contributed by atoms with E-state index in [-0.39, 0.29) is 5.91 Å². The van der Waals surface area contributed by atoms with E-state index in [0.717, 1.165) is 15.4 Å². The summed E-state index contributed by atoms with van der Waals surface area (Å²) in [5.41, 5.74) is 1.13. The van der Waals surface area contributed by atoms with Crippen molar-refractivity contribution in [2.45, 2.75) is 6.54 Å². The number of carbonyl (C=O) groups excluding carboxylic acids is 1. The van der Waals surface area contributed by atoms with Crippen LogP contribution in [0.2, 0.25) is 0 Å². The van der Waals surface area contributed by atoms with E-state index in [1.165, 1.54) is 11.3 Å². The molecule has 0 radical (unpaired) electrons. The van der Waals surface area contributed by atoms with E-state index < -0.39 is 0 Å². The van der Waals surface area contributed by atoms with Crippen LogP contribution in [-0.4, -0.2) is 10.5 Å². The van der Waals surface area contributed by atoms with Crippen molar-refractivity contribution in [3.8, 4) is 5.00 Å². The lowest BCUT2D eigenvalue weighted by Crippen LogP contribution is -2.22. The minimum atomic E-state index is -0.0142.